The maximum atomic E-state index is 4.52. The number of rotatable bonds is 0. The molecule has 0 bridgehead atoms. The molecule has 0 fully saturated rings. The summed E-state index contributed by atoms with van der Waals surface area (Å²) in [6.45, 7) is 0.853. The highest BCUT2D eigenvalue weighted by Crippen LogP contribution is 2.19. The molecule has 0 atom stereocenters. The maximum absolute atomic E-state index is 4.52. The summed E-state index contributed by atoms with van der Waals surface area (Å²) < 4.78 is 0. The third kappa shape index (κ3) is 1.51. The van der Waals surface area contributed by atoms with Gasteiger partial charge in [-0.25, -0.2) is 15.4 Å². The number of aromatic nitrogens is 2. The summed E-state index contributed by atoms with van der Waals surface area (Å²) in [7, 11) is 0. The molecule has 0 radical (unpaired) electrons. The molecule has 2 aromatic rings. The van der Waals surface area contributed by atoms with Crippen LogP contribution in [0, 0.1) is 0 Å². The molecule has 0 aromatic carbocycles. The van der Waals surface area contributed by atoms with E-state index in [1.54, 1.807) is 6.20 Å². The average Bonchev–Trinajstić information content (AvgIpc) is 2.50. The molecule has 0 aliphatic carbocycles. The predicted molar refractivity (Wildman–Crippen MR) is 58.0 cm³/mol. The Morgan fingerprint density at radius 3 is 3.33 bits per heavy atom. The first-order valence-electron chi connectivity index (χ1n) is 4.92. The smallest absolute Gasteiger partial charge is 0.159 e. The number of fused-ring (bicyclic) bond motifs is 2. The minimum absolute atomic E-state index is 0.806. The van der Waals surface area contributed by atoms with Crippen molar-refractivity contribution < 1.29 is 0 Å². The Hall–Kier alpha value is -1.72. The number of nitrogens with one attached hydrogen (secondary N) is 3. The summed E-state index contributed by atoms with van der Waals surface area (Å²) in [6.07, 6.45) is 2.66. The molecule has 76 valence electrons. The molecule has 0 saturated heterocycles. The molecule has 0 spiro atoms. The van der Waals surface area contributed by atoms with Crippen molar-refractivity contribution in [1.29, 1.82) is 0 Å². The normalized spacial score (nSPS) is 15.5. The molecule has 1 aliphatic heterocycles. The largest absolute Gasteiger partial charge is 0.306 e. The van der Waals surface area contributed by atoms with Crippen LogP contribution in [0.1, 0.15) is 5.69 Å². The highest BCUT2D eigenvalue weighted by atomic mass is 15.6. The van der Waals surface area contributed by atoms with E-state index in [0.717, 1.165) is 35.4 Å². The van der Waals surface area contributed by atoms with Gasteiger partial charge in [0.2, 0.25) is 0 Å². The van der Waals surface area contributed by atoms with E-state index in [2.05, 4.69) is 32.4 Å². The van der Waals surface area contributed by atoms with Crippen LogP contribution in [-0.4, -0.2) is 16.5 Å². The molecule has 5 heteroatoms. The fourth-order valence-corrected chi connectivity index (χ4v) is 1.70. The fourth-order valence-electron chi connectivity index (χ4n) is 1.70. The zero-order valence-corrected chi connectivity index (χ0v) is 8.12. The summed E-state index contributed by atoms with van der Waals surface area (Å²) in [4.78, 5) is 8.76. The fraction of sp³-hybridized carbons (Fsp3) is 0.200. The number of nitrogens with zero attached hydrogens (tertiary/aromatic N) is 2. The Morgan fingerprint density at radius 2 is 2.33 bits per heavy atom. The zero-order chi connectivity index (χ0) is 10.1. The molecule has 0 saturated carbocycles. The Morgan fingerprint density at radius 1 is 1.33 bits per heavy atom. The van der Waals surface area contributed by atoms with Crippen molar-refractivity contribution in [1.82, 2.24) is 20.9 Å². The minimum Gasteiger partial charge on any atom is -0.306 e. The number of anilines is 1. The van der Waals surface area contributed by atoms with Crippen LogP contribution in [0.4, 0.5) is 5.69 Å². The third-order valence-electron chi connectivity index (χ3n) is 2.44. The lowest BCUT2D eigenvalue weighted by molar-refractivity contribution is 0.605. The van der Waals surface area contributed by atoms with Gasteiger partial charge in [-0.15, -0.1) is 0 Å². The minimum atomic E-state index is 0.806. The second kappa shape index (κ2) is 3.45. The summed E-state index contributed by atoms with van der Waals surface area (Å²) >= 11 is 0. The SMILES string of the molecule is c1cnc2nc3c(cc2c1)NNNCC3. The Bertz CT molecular complexity index is 452. The van der Waals surface area contributed by atoms with Gasteiger partial charge in [0.15, 0.2) is 5.65 Å². The topological polar surface area (TPSA) is 61.9 Å². The molecule has 0 amide bonds. The van der Waals surface area contributed by atoms with Gasteiger partial charge in [-0.05, 0) is 18.2 Å². The van der Waals surface area contributed by atoms with Crippen molar-refractivity contribution >= 4 is 16.7 Å². The van der Waals surface area contributed by atoms with Gasteiger partial charge < -0.3 is 5.43 Å². The van der Waals surface area contributed by atoms with Crippen molar-refractivity contribution in [2.45, 2.75) is 6.42 Å². The van der Waals surface area contributed by atoms with E-state index in [9.17, 15) is 0 Å². The standard InChI is InChI=1S/C10H11N5/c1-2-7-6-9-8(3-5-12-15-14-9)13-10(7)11-4-1/h1-2,4,6,12,14-15H,3,5H2. The zero-order valence-electron chi connectivity index (χ0n) is 8.12. The van der Waals surface area contributed by atoms with Crippen LogP contribution in [0.25, 0.3) is 11.0 Å². The molecule has 5 nitrogen and oxygen atoms in total. The molecule has 3 rings (SSSR count). The number of pyridine rings is 2. The van der Waals surface area contributed by atoms with Crippen LogP contribution in [0.2, 0.25) is 0 Å². The van der Waals surface area contributed by atoms with E-state index >= 15 is 0 Å². The van der Waals surface area contributed by atoms with Gasteiger partial charge in [0.05, 0.1) is 11.4 Å². The highest BCUT2D eigenvalue weighted by molar-refractivity contribution is 5.79. The Kier molecular flexibility index (Phi) is 1.97. The van der Waals surface area contributed by atoms with Gasteiger partial charge in [0.25, 0.3) is 0 Å². The van der Waals surface area contributed by atoms with Crippen molar-refractivity contribution in [2.24, 2.45) is 0 Å². The average molecular weight is 201 g/mol. The molecule has 3 heterocycles. The van der Waals surface area contributed by atoms with E-state index in [4.69, 9.17) is 0 Å². The molecule has 1 aliphatic rings. The second-order valence-electron chi connectivity index (χ2n) is 3.46. The van der Waals surface area contributed by atoms with E-state index in [1.165, 1.54) is 0 Å². The first-order chi connectivity index (χ1) is 7.43. The van der Waals surface area contributed by atoms with E-state index < -0.39 is 0 Å². The van der Waals surface area contributed by atoms with Crippen LogP contribution < -0.4 is 16.4 Å². The lowest BCUT2D eigenvalue weighted by Gasteiger charge is -2.07. The van der Waals surface area contributed by atoms with E-state index in [0.29, 0.717) is 0 Å². The summed E-state index contributed by atoms with van der Waals surface area (Å²) in [6, 6.07) is 5.99. The number of hydrogen-bond acceptors (Lipinski definition) is 5. The lowest BCUT2D eigenvalue weighted by Crippen LogP contribution is -2.35. The number of hydrogen-bond donors (Lipinski definition) is 3. The lowest BCUT2D eigenvalue weighted by atomic mass is 10.2. The van der Waals surface area contributed by atoms with E-state index in [1.807, 2.05) is 12.1 Å². The van der Waals surface area contributed by atoms with Crippen LogP contribution in [-0.2, 0) is 6.42 Å². The van der Waals surface area contributed by atoms with Gasteiger partial charge in [0.1, 0.15) is 0 Å². The van der Waals surface area contributed by atoms with Crippen molar-refractivity contribution in [2.75, 3.05) is 12.0 Å². The van der Waals surface area contributed by atoms with Gasteiger partial charge in [0, 0.05) is 24.5 Å². The van der Waals surface area contributed by atoms with Crippen LogP contribution in [0.3, 0.4) is 0 Å². The molecular weight excluding hydrogens is 190 g/mol. The van der Waals surface area contributed by atoms with Crippen LogP contribution in [0.5, 0.6) is 0 Å². The van der Waals surface area contributed by atoms with Crippen molar-refractivity contribution in [3.63, 3.8) is 0 Å². The highest BCUT2D eigenvalue weighted by Gasteiger charge is 2.09. The predicted octanol–water partition coefficient (Wildman–Crippen LogP) is 0.607. The molecular formula is C10H11N5. The maximum Gasteiger partial charge on any atom is 0.159 e. The quantitative estimate of drug-likeness (QED) is 0.583. The van der Waals surface area contributed by atoms with E-state index in [-0.39, 0.29) is 0 Å². The van der Waals surface area contributed by atoms with Crippen LogP contribution in [0.15, 0.2) is 24.4 Å². The third-order valence-corrected chi connectivity index (χ3v) is 2.44. The van der Waals surface area contributed by atoms with Crippen molar-refractivity contribution in [3.05, 3.63) is 30.1 Å². The van der Waals surface area contributed by atoms with Gasteiger partial charge in [-0.1, -0.05) is 0 Å². The molecule has 2 aromatic heterocycles. The van der Waals surface area contributed by atoms with Crippen molar-refractivity contribution in [3.8, 4) is 0 Å². The van der Waals surface area contributed by atoms with Gasteiger partial charge >= 0.3 is 0 Å². The molecule has 3 N–H and O–H groups in total. The monoisotopic (exact) mass is 201 g/mol. The summed E-state index contributed by atoms with van der Waals surface area (Å²) in [5.41, 5.74) is 11.9. The first kappa shape index (κ1) is 8.58. The van der Waals surface area contributed by atoms with Gasteiger partial charge in [-0.2, -0.15) is 5.53 Å². The Labute approximate surface area is 86.9 Å². The first-order valence-corrected chi connectivity index (χ1v) is 4.92. The Balaban J connectivity index is 2.20. The molecule has 0 unspecified atom stereocenters. The van der Waals surface area contributed by atoms with Gasteiger partial charge in [-0.3, -0.25) is 0 Å². The van der Waals surface area contributed by atoms with Crippen LogP contribution >= 0.6 is 0 Å². The number of hydrazine groups is 2. The summed E-state index contributed by atoms with van der Waals surface area (Å²) in [5, 5.41) is 1.05. The summed E-state index contributed by atoms with van der Waals surface area (Å²) in [5.74, 6) is 0. The second-order valence-corrected chi connectivity index (χ2v) is 3.46. The molecule has 15 heavy (non-hydrogen) atoms.